The third kappa shape index (κ3) is 34.9. The molecule has 4 N–H and O–H groups in total. The molecule has 0 unspecified atom stereocenters. The van der Waals surface area contributed by atoms with E-state index in [0.29, 0.717) is 24.3 Å². The molecule has 0 fully saturated rings. The van der Waals surface area contributed by atoms with Crippen LogP contribution in [0.25, 0.3) is 0 Å². The summed E-state index contributed by atoms with van der Waals surface area (Å²) < 4.78 is 0. The number of carboxylic acids is 4. The maximum atomic E-state index is 9.55. The van der Waals surface area contributed by atoms with E-state index in [4.69, 9.17) is 20.4 Å². The Hall–Kier alpha value is -3.23. The van der Waals surface area contributed by atoms with Crippen molar-refractivity contribution in [2.24, 2.45) is 0 Å². The summed E-state index contributed by atoms with van der Waals surface area (Å²) in [4.78, 5) is 38.2. The van der Waals surface area contributed by atoms with Crippen molar-refractivity contribution in [2.45, 2.75) is 0 Å². The molecule has 0 bridgehead atoms. The Balaban J connectivity index is -0.000000286. The van der Waals surface area contributed by atoms with E-state index >= 15 is 0 Å². The van der Waals surface area contributed by atoms with E-state index in [0.717, 1.165) is 0 Å². The monoisotopic (exact) mass is 406 g/mol. The zero-order valence-corrected chi connectivity index (χ0v) is 15.3. The van der Waals surface area contributed by atoms with Gasteiger partial charge in [-0.25, -0.2) is 31.3 Å². The van der Waals surface area contributed by atoms with Gasteiger partial charge in [-0.2, -0.15) is 18.2 Å². The molecule has 8 nitrogen and oxygen atoms in total. The Bertz CT molecular complexity index is 544. The van der Waals surface area contributed by atoms with Gasteiger partial charge in [-0.15, -0.1) is 0 Å². The van der Waals surface area contributed by atoms with Crippen molar-refractivity contribution < 1.29 is 61.3 Å². The standard InChI is InChI=1S/C5H5.C5H.2C4H4O4.Ti/c2*1-2-4-5-3-1;2*5-3(6)1-2-4(7)8;/h1-5H;1H;2*1-2H,(H,5,6)(H,7,8);/q-1;-5;;;. The molecule has 0 amide bonds. The normalized spacial score (nSPS) is 8.59. The fourth-order valence-electron chi connectivity index (χ4n) is 0.786. The fourth-order valence-corrected chi connectivity index (χ4v) is 0.786. The van der Waals surface area contributed by atoms with Gasteiger partial charge in [-0.05, 0) is 0 Å². The molecular formula is C18H14O8Ti-6. The van der Waals surface area contributed by atoms with Crippen molar-refractivity contribution in [2.75, 3.05) is 0 Å². The molecule has 0 aromatic heterocycles. The Morgan fingerprint density at radius 2 is 0.963 bits per heavy atom. The predicted molar refractivity (Wildman–Crippen MR) is 88.2 cm³/mol. The van der Waals surface area contributed by atoms with Crippen LogP contribution in [0.4, 0.5) is 0 Å². The van der Waals surface area contributed by atoms with Gasteiger partial charge in [0.25, 0.3) is 0 Å². The maximum Gasteiger partial charge on any atom is 0.328 e. The molecule has 0 aliphatic rings. The molecule has 144 valence electrons. The first-order chi connectivity index (χ1) is 12.3. The minimum absolute atomic E-state index is 0. The van der Waals surface area contributed by atoms with E-state index in [2.05, 4.69) is 24.3 Å². The number of hydrogen-bond acceptors (Lipinski definition) is 4. The second kappa shape index (κ2) is 20.8. The van der Waals surface area contributed by atoms with Gasteiger partial charge >= 0.3 is 23.9 Å². The molecule has 0 spiro atoms. The van der Waals surface area contributed by atoms with Crippen molar-refractivity contribution in [3.8, 4) is 0 Å². The van der Waals surface area contributed by atoms with E-state index in [-0.39, 0.29) is 21.7 Å². The van der Waals surface area contributed by atoms with Crippen LogP contribution in [0.15, 0.2) is 60.7 Å². The third-order valence-electron chi connectivity index (χ3n) is 1.64. The van der Waals surface area contributed by atoms with Crippen LogP contribution in [0.5, 0.6) is 0 Å². The first-order valence-electron chi connectivity index (χ1n) is 6.53. The molecule has 27 heavy (non-hydrogen) atoms. The number of carbonyl (C=O) groups is 4. The Kier molecular flexibility index (Phi) is 22.0. The van der Waals surface area contributed by atoms with E-state index in [1.165, 1.54) is 0 Å². The largest absolute Gasteiger partial charge is 0.999 e. The van der Waals surface area contributed by atoms with Crippen LogP contribution in [0.3, 0.4) is 0 Å². The van der Waals surface area contributed by atoms with Crippen LogP contribution in [0.2, 0.25) is 0 Å². The van der Waals surface area contributed by atoms with Gasteiger partial charge in [0.15, 0.2) is 0 Å². The fraction of sp³-hybridized carbons (Fsp3) is 0. The van der Waals surface area contributed by atoms with E-state index in [1.807, 2.05) is 30.3 Å². The average Bonchev–Trinajstić information content (AvgIpc) is 3.28. The summed E-state index contributed by atoms with van der Waals surface area (Å²) in [6.07, 6.45) is 2.23. The zero-order valence-electron chi connectivity index (χ0n) is 13.7. The van der Waals surface area contributed by atoms with E-state index in [9.17, 15) is 19.2 Å². The molecule has 0 aliphatic carbocycles. The second-order valence-electron chi connectivity index (χ2n) is 3.66. The van der Waals surface area contributed by atoms with Crippen molar-refractivity contribution in [3.05, 3.63) is 85.0 Å². The van der Waals surface area contributed by atoms with Crippen LogP contribution < -0.4 is 0 Å². The van der Waals surface area contributed by atoms with Gasteiger partial charge in [0.2, 0.25) is 0 Å². The smallest absolute Gasteiger partial charge is 0.328 e. The molecule has 0 atom stereocenters. The number of hydrogen-bond donors (Lipinski definition) is 4. The summed E-state index contributed by atoms with van der Waals surface area (Å²) >= 11 is 0. The summed E-state index contributed by atoms with van der Waals surface area (Å²) in [6, 6.07) is 22.0. The molecule has 0 saturated carbocycles. The minimum Gasteiger partial charge on any atom is -0.999 e. The van der Waals surface area contributed by atoms with Crippen molar-refractivity contribution >= 4 is 23.9 Å². The van der Waals surface area contributed by atoms with Gasteiger partial charge in [0.1, 0.15) is 0 Å². The summed E-state index contributed by atoms with van der Waals surface area (Å²) in [5.74, 6) is -5.03. The predicted octanol–water partition coefficient (Wildman–Crippen LogP) is 1.43. The second-order valence-corrected chi connectivity index (χ2v) is 3.66. The molecular weight excluding hydrogens is 392 g/mol. The van der Waals surface area contributed by atoms with Crippen molar-refractivity contribution in [3.63, 3.8) is 0 Å². The molecule has 2 aromatic carbocycles. The van der Waals surface area contributed by atoms with Crippen LogP contribution in [-0.2, 0) is 40.9 Å². The van der Waals surface area contributed by atoms with Crippen LogP contribution >= 0.6 is 0 Å². The summed E-state index contributed by atoms with van der Waals surface area (Å²) in [6.45, 7) is 0. The van der Waals surface area contributed by atoms with Crippen molar-refractivity contribution in [1.29, 1.82) is 0 Å². The van der Waals surface area contributed by atoms with Crippen molar-refractivity contribution in [1.82, 2.24) is 0 Å². The molecule has 2 aromatic rings. The minimum atomic E-state index is -1.26. The number of rotatable bonds is 4. The SMILES string of the molecule is O=C(O)C=CC(=O)O.O=C(O)C=CC(=O)O.[Ti].[c-]1[c-][c-][cH-][c-]1.c1cc[cH-]c1. The number of aliphatic carboxylic acids is 4. The van der Waals surface area contributed by atoms with Gasteiger partial charge in [-0.1, -0.05) is 0 Å². The van der Waals surface area contributed by atoms with Gasteiger partial charge in [0, 0.05) is 46.0 Å². The Morgan fingerprint density at radius 3 is 1.07 bits per heavy atom. The van der Waals surface area contributed by atoms with E-state index in [1.54, 1.807) is 6.07 Å². The zero-order chi connectivity index (χ0) is 20.2. The summed E-state index contributed by atoms with van der Waals surface area (Å²) in [7, 11) is 0. The molecule has 0 radical (unpaired) electrons. The Labute approximate surface area is 170 Å². The summed E-state index contributed by atoms with van der Waals surface area (Å²) in [5, 5.41) is 31.2. The molecule has 9 heteroatoms. The quantitative estimate of drug-likeness (QED) is 0.339. The number of carboxylic acid groups (broad SMARTS) is 4. The van der Waals surface area contributed by atoms with Crippen LogP contribution in [-0.4, -0.2) is 44.3 Å². The van der Waals surface area contributed by atoms with Gasteiger partial charge in [-0.3, -0.25) is 0 Å². The van der Waals surface area contributed by atoms with E-state index < -0.39 is 23.9 Å². The van der Waals surface area contributed by atoms with Gasteiger partial charge in [0.05, 0.1) is 0 Å². The van der Waals surface area contributed by atoms with Crippen LogP contribution in [0.1, 0.15) is 0 Å². The molecule has 0 saturated heterocycles. The molecule has 0 aliphatic heterocycles. The molecule has 0 heterocycles. The van der Waals surface area contributed by atoms with Gasteiger partial charge < -0.3 is 50.8 Å². The maximum absolute atomic E-state index is 9.55. The Morgan fingerprint density at radius 1 is 0.667 bits per heavy atom. The molecule has 2 rings (SSSR count). The summed E-state index contributed by atoms with van der Waals surface area (Å²) in [5.41, 5.74) is 0. The first kappa shape index (κ1) is 28.6. The third-order valence-corrected chi connectivity index (χ3v) is 1.64. The average molecular weight is 406 g/mol. The first-order valence-corrected chi connectivity index (χ1v) is 6.53. The van der Waals surface area contributed by atoms with Crippen LogP contribution in [0, 0.1) is 24.3 Å². The topological polar surface area (TPSA) is 149 Å².